The second-order valence-electron chi connectivity index (χ2n) is 6.36. The van der Waals surface area contributed by atoms with E-state index in [1.165, 1.54) is 4.90 Å². The monoisotopic (exact) mass is 356 g/mol. The predicted octanol–water partition coefficient (Wildman–Crippen LogP) is 1.25. The number of aliphatic hydroxyl groups is 1. The van der Waals surface area contributed by atoms with Crippen LogP contribution >= 0.6 is 11.6 Å². The Balaban J connectivity index is 1.71. The number of rotatable bonds is 7. The van der Waals surface area contributed by atoms with Crippen molar-refractivity contribution in [3.8, 4) is 5.75 Å². The Kier molecular flexibility index (Phi) is 7.34. The van der Waals surface area contributed by atoms with Gasteiger partial charge in [0.1, 0.15) is 25.0 Å². The first-order chi connectivity index (χ1) is 11.5. The Morgan fingerprint density at radius 2 is 2.12 bits per heavy atom. The second-order valence-corrected chi connectivity index (χ2v) is 6.79. The number of quaternary nitrogens is 1. The number of aliphatic hydroxyl groups excluding tert-OH is 1. The summed E-state index contributed by atoms with van der Waals surface area (Å²) in [5.74, 6) is 0.673. The van der Waals surface area contributed by atoms with Crippen molar-refractivity contribution >= 4 is 17.6 Å². The number of carbonyl (C=O) groups is 1. The molecule has 134 valence electrons. The average Bonchev–Trinajstić information content (AvgIpc) is 2.55. The number of likely N-dealkylation sites (tertiary alicyclic amines) is 1. The van der Waals surface area contributed by atoms with Crippen molar-refractivity contribution in [2.75, 3.05) is 32.8 Å². The lowest BCUT2D eigenvalue weighted by Crippen LogP contribution is -3.14. The van der Waals surface area contributed by atoms with Crippen LogP contribution in [0.4, 0.5) is 0 Å². The van der Waals surface area contributed by atoms with E-state index >= 15 is 0 Å². The number of aryl methyl sites for hydroxylation is 1. The van der Waals surface area contributed by atoms with Crippen molar-refractivity contribution in [2.45, 2.75) is 32.8 Å². The molecule has 0 spiro atoms. The summed E-state index contributed by atoms with van der Waals surface area (Å²) in [6.45, 7) is 6.83. The molecule has 24 heavy (non-hydrogen) atoms. The first-order valence-electron chi connectivity index (χ1n) is 8.56. The first-order valence-corrected chi connectivity index (χ1v) is 8.94. The van der Waals surface area contributed by atoms with Crippen LogP contribution < -0.4 is 9.64 Å². The Morgan fingerprint density at radius 1 is 1.42 bits per heavy atom. The molecule has 0 amide bonds. The minimum absolute atomic E-state index is 0.0128. The quantitative estimate of drug-likeness (QED) is 0.722. The van der Waals surface area contributed by atoms with Crippen LogP contribution in [0.3, 0.4) is 0 Å². The van der Waals surface area contributed by atoms with Crippen molar-refractivity contribution in [3.63, 3.8) is 0 Å². The van der Waals surface area contributed by atoms with E-state index in [0.717, 1.165) is 37.2 Å². The SMILES string of the molecule is CCOC(=O)C1CC[NH+](C[C@H](O)COc2ccc(Cl)cc2C)CC1. The van der Waals surface area contributed by atoms with E-state index in [1.54, 1.807) is 6.07 Å². The van der Waals surface area contributed by atoms with Crippen molar-refractivity contribution in [2.24, 2.45) is 5.92 Å². The van der Waals surface area contributed by atoms with Crippen molar-refractivity contribution in [3.05, 3.63) is 28.8 Å². The van der Waals surface area contributed by atoms with Gasteiger partial charge in [0, 0.05) is 17.9 Å². The predicted molar refractivity (Wildman–Crippen MR) is 92.6 cm³/mol. The number of ether oxygens (including phenoxy) is 2. The molecule has 1 heterocycles. The molecule has 1 fully saturated rings. The molecule has 1 aromatic rings. The molecule has 0 saturated carbocycles. The number of piperidine rings is 1. The van der Waals surface area contributed by atoms with Crippen molar-refractivity contribution < 1.29 is 24.3 Å². The summed E-state index contributed by atoms with van der Waals surface area (Å²) in [4.78, 5) is 13.0. The van der Waals surface area contributed by atoms with Crippen LogP contribution in [-0.4, -0.2) is 50.0 Å². The highest BCUT2D eigenvalue weighted by Gasteiger charge is 2.29. The fraction of sp³-hybridized carbons (Fsp3) is 0.611. The van der Waals surface area contributed by atoms with Crippen LogP contribution in [0, 0.1) is 12.8 Å². The summed E-state index contributed by atoms with van der Waals surface area (Å²) in [7, 11) is 0. The lowest BCUT2D eigenvalue weighted by Gasteiger charge is -2.29. The van der Waals surface area contributed by atoms with Crippen LogP contribution in [-0.2, 0) is 9.53 Å². The van der Waals surface area contributed by atoms with Gasteiger partial charge < -0.3 is 19.5 Å². The topological polar surface area (TPSA) is 60.2 Å². The van der Waals surface area contributed by atoms with Crippen molar-refractivity contribution in [1.82, 2.24) is 0 Å². The zero-order valence-corrected chi connectivity index (χ0v) is 15.1. The molecule has 0 aromatic heterocycles. The second kappa shape index (κ2) is 9.25. The zero-order chi connectivity index (χ0) is 17.5. The van der Waals surface area contributed by atoms with Gasteiger partial charge in [-0.05, 0) is 37.6 Å². The van der Waals surface area contributed by atoms with Gasteiger partial charge >= 0.3 is 5.97 Å². The van der Waals surface area contributed by atoms with E-state index in [9.17, 15) is 9.90 Å². The molecule has 1 aromatic carbocycles. The van der Waals surface area contributed by atoms with Gasteiger partial charge in [0.2, 0.25) is 0 Å². The molecule has 0 aliphatic carbocycles. The summed E-state index contributed by atoms with van der Waals surface area (Å²) in [5, 5.41) is 10.9. The maximum absolute atomic E-state index is 11.7. The van der Waals surface area contributed by atoms with Crippen LogP contribution in [0.25, 0.3) is 0 Å². The molecule has 1 aliphatic heterocycles. The summed E-state index contributed by atoms with van der Waals surface area (Å²) < 4.78 is 10.8. The molecule has 0 unspecified atom stereocenters. The molecule has 5 nitrogen and oxygen atoms in total. The van der Waals surface area contributed by atoms with Gasteiger partial charge in [0.15, 0.2) is 0 Å². The third-order valence-corrected chi connectivity index (χ3v) is 4.64. The average molecular weight is 357 g/mol. The molecule has 6 heteroatoms. The molecular formula is C18H27ClNO4+. The molecule has 2 rings (SSSR count). The lowest BCUT2D eigenvalue weighted by atomic mass is 9.97. The van der Waals surface area contributed by atoms with E-state index < -0.39 is 6.10 Å². The molecule has 0 radical (unpaired) electrons. The highest BCUT2D eigenvalue weighted by atomic mass is 35.5. The minimum atomic E-state index is -0.533. The smallest absolute Gasteiger partial charge is 0.309 e. The number of esters is 1. The largest absolute Gasteiger partial charge is 0.490 e. The third kappa shape index (κ3) is 5.65. The minimum Gasteiger partial charge on any atom is -0.490 e. The van der Waals surface area contributed by atoms with E-state index in [-0.39, 0.29) is 18.5 Å². The Labute approximate surface area is 148 Å². The molecule has 2 N–H and O–H groups in total. The molecule has 0 bridgehead atoms. The van der Waals surface area contributed by atoms with Gasteiger partial charge in [-0.15, -0.1) is 0 Å². The summed E-state index contributed by atoms with van der Waals surface area (Å²) >= 11 is 5.92. The number of nitrogens with one attached hydrogen (secondary N) is 1. The van der Waals surface area contributed by atoms with E-state index in [0.29, 0.717) is 18.2 Å². The van der Waals surface area contributed by atoms with Crippen LogP contribution in [0.2, 0.25) is 5.02 Å². The van der Waals surface area contributed by atoms with Crippen LogP contribution in [0.15, 0.2) is 18.2 Å². The summed E-state index contributed by atoms with van der Waals surface area (Å²) in [6, 6.07) is 5.44. The summed E-state index contributed by atoms with van der Waals surface area (Å²) in [5.41, 5.74) is 0.956. The zero-order valence-electron chi connectivity index (χ0n) is 14.4. The van der Waals surface area contributed by atoms with Crippen LogP contribution in [0.5, 0.6) is 5.75 Å². The number of hydrogen-bond donors (Lipinski definition) is 2. The van der Waals surface area contributed by atoms with Gasteiger partial charge in [-0.3, -0.25) is 4.79 Å². The molecule has 1 aliphatic rings. The Bertz CT molecular complexity index is 544. The van der Waals surface area contributed by atoms with Gasteiger partial charge in [-0.25, -0.2) is 0 Å². The first kappa shape index (κ1) is 19.0. The maximum Gasteiger partial charge on any atom is 0.309 e. The van der Waals surface area contributed by atoms with Gasteiger partial charge in [0.25, 0.3) is 0 Å². The Hall–Kier alpha value is -1.30. The van der Waals surface area contributed by atoms with E-state index in [1.807, 2.05) is 26.0 Å². The van der Waals surface area contributed by atoms with Gasteiger partial charge in [0.05, 0.1) is 25.6 Å². The fourth-order valence-electron chi connectivity index (χ4n) is 3.08. The molecular weight excluding hydrogens is 330 g/mol. The van der Waals surface area contributed by atoms with E-state index in [2.05, 4.69) is 0 Å². The highest BCUT2D eigenvalue weighted by Crippen LogP contribution is 2.21. The molecule has 1 atom stereocenters. The normalized spacial score (nSPS) is 22.0. The van der Waals surface area contributed by atoms with Crippen LogP contribution in [0.1, 0.15) is 25.3 Å². The van der Waals surface area contributed by atoms with Gasteiger partial charge in [-0.2, -0.15) is 0 Å². The third-order valence-electron chi connectivity index (χ3n) is 4.41. The van der Waals surface area contributed by atoms with Crippen molar-refractivity contribution in [1.29, 1.82) is 0 Å². The standard InChI is InChI=1S/C18H26ClNO4/c1-3-23-18(22)14-6-8-20(9-7-14)11-16(21)12-24-17-5-4-15(19)10-13(17)2/h4-5,10,14,16,21H,3,6-9,11-12H2,1-2H3/p+1/t16-/m0/s1. The maximum atomic E-state index is 11.7. The number of halogens is 1. The highest BCUT2D eigenvalue weighted by molar-refractivity contribution is 6.30. The Morgan fingerprint density at radius 3 is 2.75 bits per heavy atom. The lowest BCUT2D eigenvalue weighted by molar-refractivity contribution is -0.908. The number of carbonyl (C=O) groups excluding carboxylic acids is 1. The summed E-state index contributed by atoms with van der Waals surface area (Å²) in [6.07, 6.45) is 1.10. The van der Waals surface area contributed by atoms with Gasteiger partial charge in [-0.1, -0.05) is 11.6 Å². The number of hydrogen-bond acceptors (Lipinski definition) is 4. The number of benzene rings is 1. The van der Waals surface area contributed by atoms with E-state index in [4.69, 9.17) is 21.1 Å². The fourth-order valence-corrected chi connectivity index (χ4v) is 3.31. The molecule has 1 saturated heterocycles.